The number of carbonyl (C=O) groups is 1. The number of nitro groups is 1. The maximum absolute atomic E-state index is 12.0. The number of benzene rings is 2. The number of ether oxygens (including phenoxy) is 1. The van der Waals surface area contributed by atoms with Gasteiger partial charge in [0.15, 0.2) is 0 Å². The van der Waals surface area contributed by atoms with Crippen LogP contribution < -0.4 is 4.74 Å². The van der Waals surface area contributed by atoms with Gasteiger partial charge in [-0.3, -0.25) is 15.1 Å². The van der Waals surface area contributed by atoms with Crippen LogP contribution >= 0.6 is 0 Å². The number of rotatable bonds is 5. The maximum atomic E-state index is 12.0. The highest BCUT2D eigenvalue weighted by Crippen LogP contribution is 2.22. The van der Waals surface area contributed by atoms with Crippen molar-refractivity contribution >= 4 is 23.3 Å². The summed E-state index contributed by atoms with van der Waals surface area (Å²) in [5.41, 5.74) is 1.95. The number of aromatic nitrogens is 1. The van der Waals surface area contributed by atoms with Crippen LogP contribution in [0.25, 0.3) is 11.6 Å². The average molecular weight is 371 g/mol. The monoisotopic (exact) mass is 371 g/mol. The van der Waals surface area contributed by atoms with Crippen molar-refractivity contribution in [3.63, 3.8) is 0 Å². The first kappa shape index (κ1) is 18.5. The molecule has 3 rings (SSSR count). The summed E-state index contributed by atoms with van der Waals surface area (Å²) in [5.74, 6) is -0.153. The van der Waals surface area contributed by atoms with Gasteiger partial charge in [0.2, 0.25) is 0 Å². The zero-order valence-electron chi connectivity index (χ0n) is 14.5. The summed E-state index contributed by atoms with van der Waals surface area (Å²) >= 11 is 0. The zero-order valence-corrected chi connectivity index (χ0v) is 14.5. The van der Waals surface area contributed by atoms with Crippen molar-refractivity contribution in [3.8, 4) is 11.8 Å². The molecule has 3 aromatic rings. The molecule has 0 atom stereocenters. The summed E-state index contributed by atoms with van der Waals surface area (Å²) in [6, 6.07) is 17.7. The molecular formula is C21H13N3O4. The van der Waals surface area contributed by atoms with Crippen LogP contribution in [0, 0.1) is 21.4 Å². The van der Waals surface area contributed by atoms with Crippen molar-refractivity contribution in [1.82, 2.24) is 4.98 Å². The summed E-state index contributed by atoms with van der Waals surface area (Å²) in [6.07, 6.45) is 4.63. The summed E-state index contributed by atoms with van der Waals surface area (Å²) in [5, 5.41) is 20.1. The fourth-order valence-corrected chi connectivity index (χ4v) is 2.39. The topological polar surface area (TPSA) is 106 Å². The van der Waals surface area contributed by atoms with Crippen molar-refractivity contribution in [2.45, 2.75) is 0 Å². The highest BCUT2D eigenvalue weighted by molar-refractivity contribution is 5.91. The Morgan fingerprint density at radius 2 is 1.79 bits per heavy atom. The van der Waals surface area contributed by atoms with E-state index in [0.29, 0.717) is 22.4 Å². The third kappa shape index (κ3) is 4.45. The second-order valence-corrected chi connectivity index (χ2v) is 5.67. The molecule has 0 aliphatic heterocycles. The van der Waals surface area contributed by atoms with Gasteiger partial charge in [0.05, 0.1) is 22.1 Å². The number of allylic oxidation sites excluding steroid dienone is 1. The fourth-order valence-electron chi connectivity index (χ4n) is 2.39. The molecule has 0 N–H and O–H groups in total. The Morgan fingerprint density at radius 3 is 2.36 bits per heavy atom. The highest BCUT2D eigenvalue weighted by Gasteiger charge is 2.09. The second-order valence-electron chi connectivity index (χ2n) is 5.67. The van der Waals surface area contributed by atoms with Gasteiger partial charge in [-0.05, 0) is 53.6 Å². The lowest BCUT2D eigenvalue weighted by Gasteiger charge is -2.05. The summed E-state index contributed by atoms with van der Waals surface area (Å²) < 4.78 is 5.28. The molecule has 0 amide bonds. The van der Waals surface area contributed by atoms with Gasteiger partial charge >= 0.3 is 5.97 Å². The molecule has 1 heterocycles. The normalized spacial score (nSPS) is 10.8. The van der Waals surface area contributed by atoms with E-state index in [-0.39, 0.29) is 5.69 Å². The van der Waals surface area contributed by atoms with E-state index in [2.05, 4.69) is 11.1 Å². The van der Waals surface area contributed by atoms with Gasteiger partial charge in [0.1, 0.15) is 5.75 Å². The Morgan fingerprint density at radius 1 is 1.07 bits per heavy atom. The fraction of sp³-hybridized carbons (Fsp3) is 0. The molecule has 0 unspecified atom stereocenters. The molecule has 7 heteroatoms. The predicted octanol–water partition coefficient (Wildman–Crippen LogP) is 4.27. The van der Waals surface area contributed by atoms with Crippen LogP contribution in [0.15, 0.2) is 73.1 Å². The van der Waals surface area contributed by atoms with E-state index in [0.717, 1.165) is 5.56 Å². The zero-order chi connectivity index (χ0) is 19.9. The van der Waals surface area contributed by atoms with Gasteiger partial charge < -0.3 is 4.74 Å². The first-order valence-corrected chi connectivity index (χ1v) is 8.16. The highest BCUT2D eigenvalue weighted by atomic mass is 16.6. The number of nitro benzene ring substituents is 1. The maximum Gasteiger partial charge on any atom is 0.345 e. The summed E-state index contributed by atoms with van der Waals surface area (Å²) in [7, 11) is 0. The van der Waals surface area contributed by atoms with E-state index in [1.54, 1.807) is 48.7 Å². The molecule has 0 aliphatic carbocycles. The van der Waals surface area contributed by atoms with Crippen LogP contribution in [0.3, 0.4) is 0 Å². The predicted molar refractivity (Wildman–Crippen MR) is 102 cm³/mol. The largest absolute Gasteiger partial charge is 0.423 e. The number of pyridine rings is 1. The Kier molecular flexibility index (Phi) is 5.53. The lowest BCUT2D eigenvalue weighted by Crippen LogP contribution is -2.08. The molecule has 1 aromatic heterocycles. The van der Waals surface area contributed by atoms with Crippen molar-refractivity contribution in [2.75, 3.05) is 0 Å². The SMILES string of the molecule is N#C/C(=C/c1ccc(OC(=O)c2cccnc2)cc1)c1ccc([N+](=O)[O-])cc1. The van der Waals surface area contributed by atoms with Crippen LogP contribution in [0.2, 0.25) is 0 Å². The van der Waals surface area contributed by atoms with Gasteiger partial charge in [-0.25, -0.2) is 4.79 Å². The third-order valence-corrected chi connectivity index (χ3v) is 3.81. The average Bonchev–Trinajstić information content (AvgIpc) is 2.74. The molecule has 0 aliphatic rings. The molecule has 0 saturated heterocycles. The van der Waals surface area contributed by atoms with Gasteiger partial charge in [0, 0.05) is 24.5 Å². The van der Waals surface area contributed by atoms with Gasteiger partial charge in [0.25, 0.3) is 5.69 Å². The Bertz CT molecular complexity index is 1070. The minimum absolute atomic E-state index is 0.0409. The van der Waals surface area contributed by atoms with Crippen molar-refractivity contribution in [3.05, 3.63) is 99.9 Å². The van der Waals surface area contributed by atoms with Crippen LogP contribution in [0.1, 0.15) is 21.5 Å². The molecule has 0 fully saturated rings. The molecular weight excluding hydrogens is 358 g/mol. The molecule has 136 valence electrons. The van der Waals surface area contributed by atoms with Crippen LogP contribution in [-0.2, 0) is 0 Å². The summed E-state index contributed by atoms with van der Waals surface area (Å²) in [6.45, 7) is 0. The first-order chi connectivity index (χ1) is 13.6. The Balaban J connectivity index is 1.75. The van der Waals surface area contributed by atoms with Crippen molar-refractivity contribution in [2.24, 2.45) is 0 Å². The quantitative estimate of drug-likeness (QED) is 0.166. The van der Waals surface area contributed by atoms with E-state index in [1.165, 1.54) is 30.5 Å². The molecule has 0 radical (unpaired) electrons. The molecule has 7 nitrogen and oxygen atoms in total. The first-order valence-electron chi connectivity index (χ1n) is 8.16. The number of hydrogen-bond acceptors (Lipinski definition) is 6. The number of nitrogens with zero attached hydrogens (tertiary/aromatic N) is 3. The lowest BCUT2D eigenvalue weighted by atomic mass is 10.0. The summed E-state index contributed by atoms with van der Waals surface area (Å²) in [4.78, 5) is 26.1. The van der Waals surface area contributed by atoms with Crippen molar-refractivity contribution in [1.29, 1.82) is 5.26 Å². The molecule has 28 heavy (non-hydrogen) atoms. The Hall–Kier alpha value is -4.31. The molecule has 0 bridgehead atoms. The van der Waals surface area contributed by atoms with Crippen molar-refractivity contribution < 1.29 is 14.5 Å². The lowest BCUT2D eigenvalue weighted by molar-refractivity contribution is -0.384. The van der Waals surface area contributed by atoms with E-state index < -0.39 is 10.9 Å². The number of esters is 1. The van der Waals surface area contributed by atoms with Crippen LogP contribution in [0.4, 0.5) is 5.69 Å². The smallest absolute Gasteiger partial charge is 0.345 e. The van der Waals surface area contributed by atoms with E-state index >= 15 is 0 Å². The number of nitriles is 1. The standard InChI is InChI=1S/C21H13N3O4/c22-13-18(16-5-7-19(8-6-16)24(26)27)12-15-3-9-20(10-4-15)28-21(25)17-2-1-11-23-14-17/h1-12,14H/b18-12-. The minimum atomic E-state index is -0.514. The van der Waals surface area contributed by atoms with E-state index in [1.807, 2.05) is 0 Å². The van der Waals surface area contributed by atoms with E-state index in [4.69, 9.17) is 4.74 Å². The van der Waals surface area contributed by atoms with Crippen LogP contribution in [0.5, 0.6) is 5.75 Å². The van der Waals surface area contributed by atoms with Gasteiger partial charge in [-0.1, -0.05) is 12.1 Å². The Labute approximate surface area is 160 Å². The molecule has 0 spiro atoms. The molecule has 2 aromatic carbocycles. The van der Waals surface area contributed by atoms with Gasteiger partial charge in [-0.15, -0.1) is 0 Å². The number of carbonyl (C=O) groups excluding carboxylic acids is 1. The number of hydrogen-bond donors (Lipinski definition) is 0. The van der Waals surface area contributed by atoms with Gasteiger partial charge in [-0.2, -0.15) is 5.26 Å². The second kappa shape index (κ2) is 8.38. The third-order valence-electron chi connectivity index (χ3n) is 3.81. The number of non-ortho nitro benzene ring substituents is 1. The molecule has 0 saturated carbocycles. The minimum Gasteiger partial charge on any atom is -0.423 e. The van der Waals surface area contributed by atoms with E-state index in [9.17, 15) is 20.2 Å². The van der Waals surface area contributed by atoms with Crippen LogP contribution in [-0.4, -0.2) is 15.9 Å².